The van der Waals surface area contributed by atoms with Gasteiger partial charge in [0.25, 0.3) is 0 Å². The first kappa shape index (κ1) is 27.6. The van der Waals surface area contributed by atoms with E-state index in [2.05, 4.69) is 10.3 Å². The molecule has 40 heavy (non-hydrogen) atoms. The van der Waals surface area contributed by atoms with Crippen molar-refractivity contribution in [3.63, 3.8) is 0 Å². The van der Waals surface area contributed by atoms with Gasteiger partial charge in [0.1, 0.15) is 11.9 Å². The lowest BCUT2D eigenvalue weighted by molar-refractivity contribution is -0.139. The van der Waals surface area contributed by atoms with Crippen LogP contribution in [0.5, 0.6) is 0 Å². The maximum atomic E-state index is 14.5. The number of carboxylic acid groups (broad SMARTS) is 1. The number of amides is 2. The van der Waals surface area contributed by atoms with Crippen molar-refractivity contribution < 1.29 is 28.6 Å². The van der Waals surface area contributed by atoms with Crippen molar-refractivity contribution in [1.82, 2.24) is 25.0 Å². The number of aromatic nitrogens is 1. The third-order valence-corrected chi connectivity index (χ3v) is 7.81. The number of rotatable bonds is 9. The zero-order chi connectivity index (χ0) is 28.4. The minimum atomic E-state index is -0.972. The maximum absolute atomic E-state index is 14.5. The van der Waals surface area contributed by atoms with E-state index in [1.165, 1.54) is 28.4 Å². The van der Waals surface area contributed by atoms with Crippen LogP contribution in [-0.2, 0) is 14.3 Å². The highest BCUT2D eigenvalue weighted by atomic mass is 35.5. The summed E-state index contributed by atoms with van der Waals surface area (Å²) >= 11 is 7.72. The number of carbonyl (C=O) groups excluding carboxylic acids is 2. The van der Waals surface area contributed by atoms with Gasteiger partial charge in [0, 0.05) is 48.7 Å². The highest BCUT2D eigenvalue weighted by Gasteiger charge is 2.38. The number of thiazole rings is 1. The number of carboxylic acids is 1. The van der Waals surface area contributed by atoms with E-state index in [1.54, 1.807) is 29.5 Å². The normalized spacial score (nSPS) is 18.8. The van der Waals surface area contributed by atoms with Gasteiger partial charge >= 0.3 is 18.0 Å². The number of amidine groups is 1. The Kier molecular flexibility index (Phi) is 8.03. The Morgan fingerprint density at radius 3 is 2.88 bits per heavy atom. The van der Waals surface area contributed by atoms with Crippen LogP contribution in [0.1, 0.15) is 30.0 Å². The summed E-state index contributed by atoms with van der Waals surface area (Å²) in [7, 11) is 0. The molecule has 1 aromatic heterocycles. The molecule has 1 atom stereocenters. The summed E-state index contributed by atoms with van der Waals surface area (Å²) < 4.78 is 19.9. The van der Waals surface area contributed by atoms with E-state index in [1.807, 2.05) is 11.1 Å². The fourth-order valence-corrected chi connectivity index (χ4v) is 5.62. The van der Waals surface area contributed by atoms with Gasteiger partial charge in [-0.15, -0.1) is 11.3 Å². The van der Waals surface area contributed by atoms with E-state index >= 15 is 0 Å². The third-order valence-electron chi connectivity index (χ3n) is 6.63. The fourth-order valence-electron chi connectivity index (χ4n) is 4.80. The molecule has 0 radical (unpaired) electrons. The summed E-state index contributed by atoms with van der Waals surface area (Å²) in [4.78, 5) is 51.3. The number of esters is 1. The lowest BCUT2D eigenvalue weighted by Crippen LogP contribution is -2.43. The van der Waals surface area contributed by atoms with Crippen LogP contribution in [0.4, 0.5) is 9.18 Å². The molecule has 3 aliphatic heterocycles. The number of nitrogens with one attached hydrogen (secondary N) is 1. The van der Waals surface area contributed by atoms with Crippen LogP contribution in [0.2, 0.25) is 5.02 Å². The van der Waals surface area contributed by atoms with Gasteiger partial charge in [-0.25, -0.2) is 19.0 Å². The van der Waals surface area contributed by atoms with Crippen LogP contribution in [0, 0.1) is 5.82 Å². The Morgan fingerprint density at radius 2 is 2.15 bits per heavy atom. The second-order valence-electron chi connectivity index (χ2n) is 9.19. The summed E-state index contributed by atoms with van der Waals surface area (Å²) in [6.07, 6.45) is 3.33. The van der Waals surface area contributed by atoms with Crippen molar-refractivity contribution in [3.05, 3.63) is 74.4 Å². The number of aliphatic imine (C=N–C) groups is 1. The minimum absolute atomic E-state index is 0.117. The van der Waals surface area contributed by atoms with E-state index in [-0.39, 0.29) is 49.3 Å². The summed E-state index contributed by atoms with van der Waals surface area (Å²) in [6, 6.07) is 3.19. The molecule has 2 N–H and O–H groups in total. The van der Waals surface area contributed by atoms with Crippen molar-refractivity contribution in [1.29, 1.82) is 0 Å². The first-order valence-electron chi connectivity index (χ1n) is 12.6. The van der Waals surface area contributed by atoms with E-state index < -0.39 is 23.8 Å². The van der Waals surface area contributed by atoms with E-state index in [0.29, 0.717) is 35.2 Å². The van der Waals surface area contributed by atoms with E-state index in [0.717, 1.165) is 5.70 Å². The summed E-state index contributed by atoms with van der Waals surface area (Å²) in [5.41, 5.74) is 1.73. The molecule has 1 fully saturated rings. The Labute approximate surface area is 238 Å². The molecule has 0 aliphatic carbocycles. The van der Waals surface area contributed by atoms with Gasteiger partial charge in [0.15, 0.2) is 10.8 Å². The van der Waals surface area contributed by atoms with Crippen LogP contribution < -0.4 is 5.32 Å². The Bertz CT molecular complexity index is 1430. The molecule has 0 bridgehead atoms. The fraction of sp³-hybridized carbons (Fsp3) is 0.346. The lowest BCUT2D eigenvalue weighted by atomic mass is 9.95. The average Bonchev–Trinajstić information content (AvgIpc) is 3.57. The summed E-state index contributed by atoms with van der Waals surface area (Å²) in [5.74, 6) is -1.81. The van der Waals surface area contributed by atoms with Crippen LogP contribution in [0.25, 0.3) is 0 Å². The molecule has 0 spiro atoms. The van der Waals surface area contributed by atoms with Crippen molar-refractivity contribution in [2.45, 2.75) is 19.4 Å². The SMILES string of the molecule is CCOC(=O)C1=C(CN2C=C3CN(CCC(=O)O)C(=O)N3CC2)NC(c2nccs2)=NC1c1cccc(F)c1Cl. The van der Waals surface area contributed by atoms with Crippen LogP contribution >= 0.6 is 22.9 Å². The molecule has 2 amide bonds. The topological polar surface area (TPSA) is 128 Å². The number of hydrogen-bond donors (Lipinski definition) is 2. The first-order chi connectivity index (χ1) is 19.3. The maximum Gasteiger partial charge on any atom is 0.338 e. The number of carbonyl (C=O) groups is 3. The monoisotopic (exact) mass is 588 g/mol. The van der Waals surface area contributed by atoms with Gasteiger partial charge in [-0.1, -0.05) is 23.7 Å². The standard InChI is InChI=1S/C26H26ClFN6O5S/c1-2-39-25(37)20-18(14-32-9-10-34-15(12-32)13-33(26(34)38)8-6-19(35)36)30-23(24-29-7-11-40-24)31-22(20)16-4-3-5-17(28)21(16)27/h3-5,7,11-12,22H,2,6,8-10,13-14H2,1H3,(H,30,31)(H,35,36). The Balaban J connectivity index is 1.51. The average molecular weight is 589 g/mol. The molecule has 1 unspecified atom stereocenters. The van der Waals surface area contributed by atoms with Gasteiger partial charge in [-0.05, 0) is 13.0 Å². The van der Waals surface area contributed by atoms with Gasteiger partial charge in [0.2, 0.25) is 0 Å². The number of nitrogens with zero attached hydrogens (tertiary/aromatic N) is 5. The van der Waals surface area contributed by atoms with Crippen molar-refractivity contribution in [2.24, 2.45) is 4.99 Å². The molecule has 210 valence electrons. The zero-order valence-corrected chi connectivity index (χ0v) is 23.0. The summed E-state index contributed by atoms with van der Waals surface area (Å²) in [6.45, 7) is 3.29. The van der Waals surface area contributed by atoms with E-state index in [4.69, 9.17) is 26.4 Å². The Morgan fingerprint density at radius 1 is 1.32 bits per heavy atom. The quantitative estimate of drug-likeness (QED) is 0.428. The predicted octanol–water partition coefficient (Wildman–Crippen LogP) is 3.21. The molecule has 1 saturated heterocycles. The van der Waals surface area contributed by atoms with Crippen LogP contribution in [-0.4, -0.2) is 87.9 Å². The molecule has 3 aliphatic rings. The molecule has 5 rings (SSSR count). The number of urea groups is 1. The van der Waals surface area contributed by atoms with Gasteiger partial charge in [-0.3, -0.25) is 14.7 Å². The van der Waals surface area contributed by atoms with Crippen LogP contribution in [0.3, 0.4) is 0 Å². The number of hydrogen-bond acceptors (Lipinski definition) is 9. The molecule has 14 heteroatoms. The molecule has 2 aromatic rings. The van der Waals surface area contributed by atoms with Gasteiger partial charge in [-0.2, -0.15) is 0 Å². The van der Waals surface area contributed by atoms with Crippen molar-refractivity contribution >= 4 is 46.7 Å². The van der Waals surface area contributed by atoms with Gasteiger partial charge in [0.05, 0.1) is 42.4 Å². The second kappa shape index (κ2) is 11.6. The highest BCUT2D eigenvalue weighted by Crippen LogP contribution is 2.37. The zero-order valence-electron chi connectivity index (χ0n) is 21.5. The predicted molar refractivity (Wildman–Crippen MR) is 145 cm³/mol. The van der Waals surface area contributed by atoms with Crippen molar-refractivity contribution in [2.75, 3.05) is 39.3 Å². The Hall–Kier alpha value is -3.97. The molecular formula is C26H26ClFN6O5S. The van der Waals surface area contributed by atoms with Crippen LogP contribution in [0.15, 0.2) is 57.9 Å². The molecular weight excluding hydrogens is 563 g/mol. The number of ether oxygens (including phenoxy) is 1. The smallest absolute Gasteiger partial charge is 0.338 e. The second-order valence-corrected chi connectivity index (χ2v) is 10.5. The molecule has 1 aromatic carbocycles. The minimum Gasteiger partial charge on any atom is -0.481 e. The number of halogens is 2. The molecule has 0 saturated carbocycles. The highest BCUT2D eigenvalue weighted by molar-refractivity contribution is 7.11. The third kappa shape index (κ3) is 5.52. The number of fused-ring (bicyclic) bond motifs is 1. The van der Waals surface area contributed by atoms with E-state index in [9.17, 15) is 18.8 Å². The largest absolute Gasteiger partial charge is 0.481 e. The summed E-state index contributed by atoms with van der Waals surface area (Å²) in [5, 5.41) is 14.5. The lowest BCUT2D eigenvalue weighted by Gasteiger charge is -2.34. The van der Waals surface area contributed by atoms with Crippen molar-refractivity contribution in [3.8, 4) is 0 Å². The number of aliphatic carboxylic acids is 1. The first-order valence-corrected chi connectivity index (χ1v) is 13.8. The van der Waals surface area contributed by atoms with Gasteiger partial charge < -0.3 is 25.0 Å². The molecule has 4 heterocycles. The molecule has 11 nitrogen and oxygen atoms in total. The number of benzene rings is 1.